The van der Waals surface area contributed by atoms with Crippen molar-refractivity contribution in [2.75, 3.05) is 18.0 Å². The first-order chi connectivity index (χ1) is 11.2. The van der Waals surface area contributed by atoms with E-state index < -0.39 is 11.3 Å². The standard InChI is InChI=1S/C16H21NO5S/c1-21-15-8-6-14(7-9-15)17(23(19)20)16-5-3-2-4-13(16)10-11-22-12-18/h6-9,12H,2-5,10-11H2,1H3,(H,19,20). The van der Waals surface area contributed by atoms with Crippen LogP contribution in [-0.4, -0.2) is 29.0 Å². The summed E-state index contributed by atoms with van der Waals surface area (Å²) in [4.78, 5) is 10.3. The monoisotopic (exact) mass is 339 g/mol. The second kappa shape index (κ2) is 8.69. The molecule has 7 heteroatoms. The Balaban J connectivity index is 2.32. The SMILES string of the molecule is COc1ccc(N(C2=C(CCOC=O)CCCC2)S(=O)O)cc1. The molecule has 0 saturated carbocycles. The molecule has 0 spiro atoms. The molecule has 0 amide bonds. The van der Waals surface area contributed by atoms with Crippen LogP contribution in [0.3, 0.4) is 0 Å². The zero-order valence-electron chi connectivity index (χ0n) is 13.1. The molecule has 23 heavy (non-hydrogen) atoms. The van der Waals surface area contributed by atoms with Crippen molar-refractivity contribution in [1.29, 1.82) is 0 Å². The van der Waals surface area contributed by atoms with E-state index in [9.17, 15) is 13.6 Å². The van der Waals surface area contributed by atoms with Gasteiger partial charge in [-0.15, -0.1) is 0 Å². The van der Waals surface area contributed by atoms with Gasteiger partial charge in [0.25, 0.3) is 17.7 Å². The fourth-order valence-electron chi connectivity index (χ4n) is 2.75. The zero-order chi connectivity index (χ0) is 16.7. The Bertz CT molecular complexity index is 585. The molecule has 0 aromatic heterocycles. The third kappa shape index (κ3) is 4.56. The fraction of sp³-hybridized carbons (Fsp3) is 0.438. The van der Waals surface area contributed by atoms with Gasteiger partial charge in [0.2, 0.25) is 0 Å². The van der Waals surface area contributed by atoms with Crippen LogP contribution >= 0.6 is 0 Å². The molecule has 126 valence electrons. The van der Waals surface area contributed by atoms with E-state index in [-0.39, 0.29) is 6.61 Å². The number of carbonyl (C=O) groups excluding carboxylic acids is 1. The maximum Gasteiger partial charge on any atom is 0.293 e. The molecule has 1 aromatic rings. The van der Waals surface area contributed by atoms with Crippen molar-refractivity contribution in [1.82, 2.24) is 0 Å². The number of hydrogen-bond donors (Lipinski definition) is 1. The number of rotatable bonds is 8. The summed E-state index contributed by atoms with van der Waals surface area (Å²) in [5, 5.41) is 0. The summed E-state index contributed by atoms with van der Waals surface area (Å²) in [6, 6.07) is 7.03. The molecular formula is C16H21NO5S. The molecule has 1 aromatic carbocycles. The van der Waals surface area contributed by atoms with Gasteiger partial charge in [0.05, 0.1) is 19.4 Å². The number of benzene rings is 1. The largest absolute Gasteiger partial charge is 0.497 e. The van der Waals surface area contributed by atoms with E-state index >= 15 is 0 Å². The van der Waals surface area contributed by atoms with Gasteiger partial charge in [-0.1, -0.05) is 0 Å². The molecule has 6 nitrogen and oxygen atoms in total. The number of anilines is 1. The van der Waals surface area contributed by atoms with Crippen molar-refractivity contribution in [2.45, 2.75) is 32.1 Å². The maximum absolute atomic E-state index is 11.9. The van der Waals surface area contributed by atoms with E-state index in [1.165, 1.54) is 4.31 Å². The third-order valence-electron chi connectivity index (χ3n) is 3.85. The van der Waals surface area contributed by atoms with Crippen LogP contribution in [0.4, 0.5) is 5.69 Å². The van der Waals surface area contributed by atoms with E-state index in [1.54, 1.807) is 31.4 Å². The topological polar surface area (TPSA) is 76.1 Å². The second-order valence-electron chi connectivity index (χ2n) is 5.20. The number of hydrogen-bond acceptors (Lipinski definition) is 4. The highest BCUT2D eigenvalue weighted by Crippen LogP contribution is 2.34. The molecule has 0 radical (unpaired) electrons. The van der Waals surface area contributed by atoms with E-state index in [0.717, 1.165) is 37.0 Å². The molecule has 1 unspecified atom stereocenters. The van der Waals surface area contributed by atoms with Crippen molar-refractivity contribution in [3.05, 3.63) is 35.5 Å². The van der Waals surface area contributed by atoms with E-state index in [2.05, 4.69) is 0 Å². The van der Waals surface area contributed by atoms with Gasteiger partial charge < -0.3 is 9.47 Å². The maximum atomic E-state index is 11.9. The van der Waals surface area contributed by atoms with E-state index in [0.29, 0.717) is 24.3 Å². The third-order valence-corrected chi connectivity index (χ3v) is 4.59. The molecule has 0 saturated heterocycles. The number of carbonyl (C=O) groups is 1. The Hall–Kier alpha value is -1.86. The molecule has 1 atom stereocenters. The first kappa shape index (κ1) is 17.5. The lowest BCUT2D eigenvalue weighted by molar-refractivity contribution is -0.128. The first-order valence-electron chi connectivity index (χ1n) is 7.48. The number of ether oxygens (including phenoxy) is 2. The molecular weight excluding hydrogens is 318 g/mol. The van der Waals surface area contributed by atoms with Crippen molar-refractivity contribution in [3.63, 3.8) is 0 Å². The zero-order valence-corrected chi connectivity index (χ0v) is 13.9. The summed E-state index contributed by atoms with van der Waals surface area (Å²) >= 11 is -2.16. The van der Waals surface area contributed by atoms with Crippen molar-refractivity contribution >= 4 is 23.4 Å². The van der Waals surface area contributed by atoms with Crippen LogP contribution in [0.5, 0.6) is 5.75 Å². The normalized spacial score (nSPS) is 15.9. The lowest BCUT2D eigenvalue weighted by Crippen LogP contribution is -2.27. The number of allylic oxidation sites excluding steroid dienone is 1. The summed E-state index contributed by atoms with van der Waals surface area (Å²) in [6.07, 6.45) is 4.17. The van der Waals surface area contributed by atoms with Crippen LogP contribution in [-0.2, 0) is 20.8 Å². The minimum atomic E-state index is -2.16. The van der Waals surface area contributed by atoms with E-state index in [1.807, 2.05) is 0 Å². The lowest BCUT2D eigenvalue weighted by Gasteiger charge is -2.29. The average Bonchev–Trinajstić information content (AvgIpc) is 2.57. The molecule has 0 heterocycles. The average molecular weight is 339 g/mol. The summed E-state index contributed by atoms with van der Waals surface area (Å²) in [7, 11) is 1.58. The molecule has 0 aliphatic heterocycles. The highest BCUT2D eigenvalue weighted by molar-refractivity contribution is 7.81. The second-order valence-corrected chi connectivity index (χ2v) is 6.02. The molecule has 1 aliphatic carbocycles. The fourth-order valence-corrected chi connectivity index (χ4v) is 3.47. The minimum Gasteiger partial charge on any atom is -0.497 e. The van der Waals surface area contributed by atoms with Gasteiger partial charge in [0.15, 0.2) is 0 Å². The first-order valence-corrected chi connectivity index (χ1v) is 8.55. The van der Waals surface area contributed by atoms with Gasteiger partial charge in [-0.25, -0.2) is 8.51 Å². The van der Waals surface area contributed by atoms with Gasteiger partial charge in [-0.2, -0.15) is 0 Å². The van der Waals surface area contributed by atoms with Crippen molar-refractivity contribution in [3.8, 4) is 5.75 Å². The van der Waals surface area contributed by atoms with Crippen LogP contribution in [0.15, 0.2) is 35.5 Å². The van der Waals surface area contributed by atoms with Crippen LogP contribution in [0, 0.1) is 0 Å². The summed E-state index contributed by atoms with van der Waals surface area (Å²) in [5.41, 5.74) is 2.55. The van der Waals surface area contributed by atoms with E-state index in [4.69, 9.17) is 9.47 Å². The number of nitrogens with zero attached hydrogens (tertiary/aromatic N) is 1. The molecule has 0 fully saturated rings. The summed E-state index contributed by atoms with van der Waals surface area (Å²) in [5.74, 6) is 0.689. The predicted molar refractivity (Wildman–Crippen MR) is 88.4 cm³/mol. The number of methoxy groups -OCH3 is 1. The van der Waals surface area contributed by atoms with Crippen LogP contribution in [0.2, 0.25) is 0 Å². The van der Waals surface area contributed by atoms with Crippen LogP contribution in [0.25, 0.3) is 0 Å². The van der Waals surface area contributed by atoms with Crippen LogP contribution < -0.4 is 9.04 Å². The Labute approximate surface area is 138 Å². The van der Waals surface area contributed by atoms with Gasteiger partial charge in [0.1, 0.15) is 5.75 Å². The highest BCUT2D eigenvalue weighted by atomic mass is 32.2. The quantitative estimate of drug-likeness (QED) is 0.447. The molecule has 0 bridgehead atoms. The Morgan fingerprint density at radius 2 is 1.96 bits per heavy atom. The summed E-state index contributed by atoms with van der Waals surface area (Å²) in [6.45, 7) is 0.714. The van der Waals surface area contributed by atoms with Gasteiger partial charge in [-0.05, 0) is 55.5 Å². The lowest BCUT2D eigenvalue weighted by atomic mass is 9.94. The molecule has 2 rings (SSSR count). The molecule has 1 aliphatic rings. The minimum absolute atomic E-state index is 0.289. The van der Waals surface area contributed by atoms with Crippen LogP contribution in [0.1, 0.15) is 32.1 Å². The Morgan fingerprint density at radius 3 is 2.57 bits per heavy atom. The highest BCUT2D eigenvalue weighted by Gasteiger charge is 2.23. The predicted octanol–water partition coefficient (Wildman–Crippen LogP) is 3.03. The van der Waals surface area contributed by atoms with Gasteiger partial charge in [0, 0.05) is 12.1 Å². The molecule has 1 N–H and O–H groups in total. The van der Waals surface area contributed by atoms with Gasteiger partial charge in [-0.3, -0.25) is 9.35 Å². The van der Waals surface area contributed by atoms with Crippen molar-refractivity contribution in [2.24, 2.45) is 0 Å². The Morgan fingerprint density at radius 1 is 1.26 bits per heavy atom. The van der Waals surface area contributed by atoms with Gasteiger partial charge >= 0.3 is 0 Å². The summed E-state index contributed by atoms with van der Waals surface area (Å²) < 4.78 is 33.0. The Kier molecular flexibility index (Phi) is 6.61. The van der Waals surface area contributed by atoms with Crippen molar-refractivity contribution < 1.29 is 23.0 Å². The smallest absolute Gasteiger partial charge is 0.293 e.